The van der Waals surface area contributed by atoms with E-state index in [0.29, 0.717) is 12.2 Å². The molecule has 0 aliphatic heterocycles. The fourth-order valence-corrected chi connectivity index (χ4v) is 1.62. The SMILES string of the molecule is Cn1ncnc1CC(N)c1cccc(F)c1F. The third-order valence-corrected chi connectivity index (χ3v) is 2.59. The molecule has 0 amide bonds. The van der Waals surface area contributed by atoms with Gasteiger partial charge in [0.2, 0.25) is 0 Å². The highest BCUT2D eigenvalue weighted by atomic mass is 19.2. The quantitative estimate of drug-likeness (QED) is 0.877. The molecule has 90 valence electrons. The molecule has 0 aliphatic rings. The summed E-state index contributed by atoms with van der Waals surface area (Å²) < 4.78 is 28.1. The number of halogens is 2. The minimum atomic E-state index is -0.901. The van der Waals surface area contributed by atoms with E-state index in [9.17, 15) is 8.78 Å². The lowest BCUT2D eigenvalue weighted by Gasteiger charge is -2.12. The van der Waals surface area contributed by atoms with E-state index in [2.05, 4.69) is 10.1 Å². The third-order valence-electron chi connectivity index (χ3n) is 2.59. The molecule has 1 heterocycles. The maximum atomic E-state index is 13.5. The first-order valence-electron chi connectivity index (χ1n) is 5.12. The highest BCUT2D eigenvalue weighted by Crippen LogP contribution is 2.19. The van der Waals surface area contributed by atoms with Gasteiger partial charge in [0.25, 0.3) is 0 Å². The van der Waals surface area contributed by atoms with Crippen molar-refractivity contribution in [2.75, 3.05) is 0 Å². The van der Waals surface area contributed by atoms with E-state index >= 15 is 0 Å². The van der Waals surface area contributed by atoms with Gasteiger partial charge in [-0.25, -0.2) is 13.8 Å². The number of aryl methyl sites for hydroxylation is 1. The largest absolute Gasteiger partial charge is 0.323 e. The second-order valence-electron chi connectivity index (χ2n) is 3.75. The van der Waals surface area contributed by atoms with E-state index in [1.807, 2.05) is 0 Å². The van der Waals surface area contributed by atoms with Crippen molar-refractivity contribution in [3.8, 4) is 0 Å². The van der Waals surface area contributed by atoms with Gasteiger partial charge in [0.05, 0.1) is 0 Å². The number of hydrogen-bond acceptors (Lipinski definition) is 3. The highest BCUT2D eigenvalue weighted by molar-refractivity contribution is 5.23. The predicted octanol–water partition coefficient (Wildman–Crippen LogP) is 1.34. The molecule has 2 rings (SSSR count). The van der Waals surface area contributed by atoms with Crippen LogP contribution in [-0.2, 0) is 13.5 Å². The van der Waals surface area contributed by atoms with E-state index in [1.165, 1.54) is 18.5 Å². The Morgan fingerprint density at radius 3 is 2.82 bits per heavy atom. The number of nitrogens with two attached hydrogens (primary N) is 1. The Morgan fingerprint density at radius 1 is 1.41 bits per heavy atom. The van der Waals surface area contributed by atoms with Gasteiger partial charge in [-0.05, 0) is 6.07 Å². The Labute approximate surface area is 97.1 Å². The molecule has 17 heavy (non-hydrogen) atoms. The lowest BCUT2D eigenvalue weighted by molar-refractivity contribution is 0.485. The lowest BCUT2D eigenvalue weighted by atomic mass is 10.0. The van der Waals surface area contributed by atoms with Crippen molar-refractivity contribution in [2.45, 2.75) is 12.5 Å². The van der Waals surface area contributed by atoms with Gasteiger partial charge in [-0.1, -0.05) is 12.1 Å². The van der Waals surface area contributed by atoms with Crippen LogP contribution in [0.15, 0.2) is 24.5 Å². The van der Waals surface area contributed by atoms with Gasteiger partial charge < -0.3 is 5.73 Å². The average Bonchev–Trinajstić information content (AvgIpc) is 2.68. The van der Waals surface area contributed by atoms with E-state index in [1.54, 1.807) is 11.7 Å². The second-order valence-corrected chi connectivity index (χ2v) is 3.75. The highest BCUT2D eigenvalue weighted by Gasteiger charge is 2.16. The first-order valence-corrected chi connectivity index (χ1v) is 5.12. The Morgan fingerprint density at radius 2 is 2.18 bits per heavy atom. The van der Waals surface area contributed by atoms with Gasteiger partial charge >= 0.3 is 0 Å². The summed E-state index contributed by atoms with van der Waals surface area (Å²) in [4.78, 5) is 3.99. The first-order chi connectivity index (χ1) is 8.09. The maximum Gasteiger partial charge on any atom is 0.163 e. The predicted molar refractivity (Wildman–Crippen MR) is 58.0 cm³/mol. The van der Waals surface area contributed by atoms with Gasteiger partial charge in [-0.2, -0.15) is 5.10 Å². The molecule has 6 heteroatoms. The minimum absolute atomic E-state index is 0.146. The first kappa shape index (κ1) is 11.7. The van der Waals surface area contributed by atoms with Crippen LogP contribution in [-0.4, -0.2) is 14.8 Å². The molecular formula is C11H12F2N4. The van der Waals surface area contributed by atoms with Crippen LogP contribution < -0.4 is 5.73 Å². The van der Waals surface area contributed by atoms with Crippen molar-refractivity contribution >= 4 is 0 Å². The Balaban J connectivity index is 2.23. The van der Waals surface area contributed by atoms with Crippen molar-refractivity contribution in [3.05, 3.63) is 47.5 Å². The lowest BCUT2D eigenvalue weighted by Crippen LogP contribution is -2.18. The summed E-state index contributed by atoms with van der Waals surface area (Å²) in [5, 5.41) is 3.89. The summed E-state index contributed by atoms with van der Waals surface area (Å²) in [7, 11) is 1.72. The molecule has 1 unspecified atom stereocenters. The summed E-state index contributed by atoms with van der Waals surface area (Å²) in [6.07, 6.45) is 1.70. The summed E-state index contributed by atoms with van der Waals surface area (Å²) in [6, 6.07) is 3.33. The second kappa shape index (κ2) is 4.58. The molecule has 2 aromatic rings. The fourth-order valence-electron chi connectivity index (χ4n) is 1.62. The Hall–Kier alpha value is -1.82. The van der Waals surface area contributed by atoms with E-state index in [4.69, 9.17) is 5.73 Å². The molecule has 0 bridgehead atoms. The standard InChI is InChI=1S/C11H12F2N4/c1-17-10(15-6-16-17)5-9(14)7-3-2-4-8(12)11(7)13/h2-4,6,9H,5,14H2,1H3. The van der Waals surface area contributed by atoms with Crippen LogP contribution in [0, 0.1) is 11.6 Å². The molecule has 0 saturated carbocycles. The maximum absolute atomic E-state index is 13.5. The molecular weight excluding hydrogens is 226 g/mol. The summed E-state index contributed by atoms with van der Waals surface area (Å²) in [5.41, 5.74) is 5.98. The minimum Gasteiger partial charge on any atom is -0.323 e. The number of hydrogen-bond donors (Lipinski definition) is 1. The fraction of sp³-hybridized carbons (Fsp3) is 0.273. The van der Waals surface area contributed by atoms with Crippen molar-refractivity contribution in [1.29, 1.82) is 0 Å². The van der Waals surface area contributed by atoms with Crippen LogP contribution in [0.5, 0.6) is 0 Å². The van der Waals surface area contributed by atoms with Crippen LogP contribution in [0.25, 0.3) is 0 Å². The molecule has 0 spiro atoms. The van der Waals surface area contributed by atoms with Gasteiger partial charge in [0, 0.05) is 25.1 Å². The number of benzene rings is 1. The van der Waals surface area contributed by atoms with Crippen LogP contribution in [0.3, 0.4) is 0 Å². The summed E-state index contributed by atoms with van der Waals surface area (Å²) in [5.74, 6) is -1.17. The number of nitrogens with zero attached hydrogens (tertiary/aromatic N) is 3. The molecule has 1 aromatic heterocycles. The molecule has 1 aromatic carbocycles. The summed E-state index contributed by atoms with van der Waals surface area (Å²) >= 11 is 0. The van der Waals surface area contributed by atoms with Gasteiger partial charge in [0.1, 0.15) is 12.2 Å². The van der Waals surface area contributed by atoms with Crippen LogP contribution in [0.4, 0.5) is 8.78 Å². The molecule has 0 fully saturated rings. The molecule has 0 aliphatic carbocycles. The van der Waals surface area contributed by atoms with Gasteiger partial charge in [0.15, 0.2) is 11.6 Å². The Kier molecular flexibility index (Phi) is 3.14. The third kappa shape index (κ3) is 2.31. The van der Waals surface area contributed by atoms with Crippen molar-refractivity contribution in [3.63, 3.8) is 0 Å². The summed E-state index contributed by atoms with van der Waals surface area (Å²) in [6.45, 7) is 0. The smallest absolute Gasteiger partial charge is 0.163 e. The van der Waals surface area contributed by atoms with Gasteiger partial charge in [-0.3, -0.25) is 4.68 Å². The molecule has 2 N–H and O–H groups in total. The topological polar surface area (TPSA) is 56.7 Å². The normalized spacial score (nSPS) is 12.7. The van der Waals surface area contributed by atoms with Crippen LogP contribution in [0.2, 0.25) is 0 Å². The van der Waals surface area contributed by atoms with E-state index < -0.39 is 17.7 Å². The van der Waals surface area contributed by atoms with Crippen molar-refractivity contribution in [2.24, 2.45) is 12.8 Å². The zero-order valence-corrected chi connectivity index (χ0v) is 9.27. The van der Waals surface area contributed by atoms with Gasteiger partial charge in [-0.15, -0.1) is 0 Å². The average molecular weight is 238 g/mol. The van der Waals surface area contributed by atoms with E-state index in [0.717, 1.165) is 6.07 Å². The van der Waals surface area contributed by atoms with Crippen molar-refractivity contribution in [1.82, 2.24) is 14.8 Å². The van der Waals surface area contributed by atoms with Crippen LogP contribution >= 0.6 is 0 Å². The zero-order valence-electron chi connectivity index (χ0n) is 9.27. The Bertz CT molecular complexity index is 524. The number of rotatable bonds is 3. The molecule has 1 atom stereocenters. The van der Waals surface area contributed by atoms with Crippen LogP contribution in [0.1, 0.15) is 17.4 Å². The molecule has 0 saturated heterocycles. The molecule has 0 radical (unpaired) electrons. The number of aromatic nitrogens is 3. The van der Waals surface area contributed by atoms with Crippen molar-refractivity contribution < 1.29 is 8.78 Å². The molecule has 4 nitrogen and oxygen atoms in total. The van der Waals surface area contributed by atoms with E-state index in [-0.39, 0.29) is 5.56 Å². The monoisotopic (exact) mass is 238 g/mol. The zero-order chi connectivity index (χ0) is 12.4.